The minimum Gasteiger partial charge on any atom is -0.351 e. The molecule has 2 aliphatic rings. The number of benzene rings is 1. The first-order chi connectivity index (χ1) is 14.3. The minimum absolute atomic E-state index is 0.0688. The van der Waals surface area contributed by atoms with Crippen molar-refractivity contribution in [2.24, 2.45) is 5.92 Å². The lowest BCUT2D eigenvalue weighted by atomic mass is 10.0. The van der Waals surface area contributed by atoms with Crippen LogP contribution in [0, 0.1) is 5.92 Å². The van der Waals surface area contributed by atoms with Gasteiger partial charge in [0, 0.05) is 18.5 Å². The Morgan fingerprint density at radius 2 is 1.80 bits per heavy atom. The van der Waals surface area contributed by atoms with Crippen molar-refractivity contribution >= 4 is 17.7 Å². The quantitative estimate of drug-likeness (QED) is 0.600. The molecule has 164 valence electrons. The highest BCUT2D eigenvalue weighted by Gasteiger charge is 2.43. The number of carbonyl (C=O) groups excluding carboxylic acids is 3. The Hall–Kier alpha value is -2.41. The van der Waals surface area contributed by atoms with E-state index in [1.807, 2.05) is 32.0 Å². The predicted molar refractivity (Wildman–Crippen MR) is 116 cm³/mol. The van der Waals surface area contributed by atoms with Gasteiger partial charge >= 0.3 is 0 Å². The Kier molecular flexibility index (Phi) is 7.13. The molecule has 0 radical (unpaired) electrons. The van der Waals surface area contributed by atoms with Crippen molar-refractivity contribution in [1.82, 2.24) is 20.9 Å². The average molecular weight is 415 g/mol. The molecular formula is C23H34N4O3. The molecule has 2 unspecified atom stereocenters. The number of amides is 3. The summed E-state index contributed by atoms with van der Waals surface area (Å²) in [6.45, 7) is 6.12. The standard InChI is InChI=1S/C23H34N4O3/c1-14(2)20(26-21(28)15(3)24-4)23(30)27-12-8-11-19(27)22(29)25-18-13-17(18)16-9-6-5-7-10-16/h5-7,9-10,14-15,17-20,24H,8,11-13H2,1-4H3,(H,25,29)(H,26,28)/t15-,17?,18?,19-,20-/m0/s1. The van der Waals surface area contributed by atoms with E-state index in [2.05, 4.69) is 28.1 Å². The Morgan fingerprint density at radius 3 is 2.43 bits per heavy atom. The zero-order valence-corrected chi connectivity index (χ0v) is 18.4. The molecule has 1 aromatic carbocycles. The molecule has 3 N–H and O–H groups in total. The zero-order chi connectivity index (χ0) is 21.8. The van der Waals surface area contributed by atoms with Crippen LogP contribution in [0.4, 0.5) is 0 Å². The molecule has 2 fully saturated rings. The van der Waals surface area contributed by atoms with Crippen LogP contribution >= 0.6 is 0 Å². The molecule has 0 spiro atoms. The smallest absolute Gasteiger partial charge is 0.246 e. The average Bonchev–Trinajstić information content (AvgIpc) is 3.32. The predicted octanol–water partition coefficient (Wildman–Crippen LogP) is 1.40. The van der Waals surface area contributed by atoms with Crippen LogP contribution in [0.1, 0.15) is 51.5 Å². The summed E-state index contributed by atoms with van der Waals surface area (Å²) in [7, 11) is 1.71. The molecule has 0 bridgehead atoms. The van der Waals surface area contributed by atoms with Crippen molar-refractivity contribution in [3.05, 3.63) is 35.9 Å². The van der Waals surface area contributed by atoms with Crippen LogP contribution < -0.4 is 16.0 Å². The van der Waals surface area contributed by atoms with Gasteiger partial charge in [-0.2, -0.15) is 0 Å². The van der Waals surface area contributed by atoms with E-state index in [4.69, 9.17) is 0 Å². The first kappa shape index (κ1) is 22.3. The van der Waals surface area contributed by atoms with Crippen molar-refractivity contribution < 1.29 is 14.4 Å². The summed E-state index contributed by atoms with van der Waals surface area (Å²) >= 11 is 0. The molecule has 30 heavy (non-hydrogen) atoms. The monoisotopic (exact) mass is 414 g/mol. The number of likely N-dealkylation sites (tertiary alicyclic amines) is 1. The molecule has 0 aromatic heterocycles. The molecule has 1 aliphatic carbocycles. The maximum atomic E-state index is 13.2. The van der Waals surface area contributed by atoms with Crippen LogP contribution in [-0.4, -0.2) is 60.4 Å². The molecular weight excluding hydrogens is 380 g/mol. The Bertz CT molecular complexity index is 767. The number of likely N-dealkylation sites (N-methyl/N-ethyl adjacent to an activating group) is 1. The molecule has 1 saturated carbocycles. The largest absolute Gasteiger partial charge is 0.351 e. The fourth-order valence-corrected chi connectivity index (χ4v) is 4.11. The molecule has 7 nitrogen and oxygen atoms in total. The second kappa shape index (κ2) is 9.60. The summed E-state index contributed by atoms with van der Waals surface area (Å²) in [5.41, 5.74) is 1.24. The molecule has 3 rings (SSSR count). The van der Waals surface area contributed by atoms with Crippen LogP contribution in [0.15, 0.2) is 30.3 Å². The third kappa shape index (κ3) is 5.01. The minimum atomic E-state index is -0.639. The summed E-state index contributed by atoms with van der Waals surface area (Å²) < 4.78 is 0. The first-order valence-corrected chi connectivity index (χ1v) is 11.0. The van der Waals surface area contributed by atoms with Gasteiger partial charge in [0.2, 0.25) is 17.7 Å². The number of hydrogen-bond acceptors (Lipinski definition) is 4. The molecule has 1 heterocycles. The number of hydrogen-bond donors (Lipinski definition) is 3. The van der Waals surface area contributed by atoms with Gasteiger partial charge in [-0.3, -0.25) is 14.4 Å². The zero-order valence-electron chi connectivity index (χ0n) is 18.4. The normalized spacial score (nSPS) is 25.0. The van der Waals surface area contributed by atoms with E-state index in [0.717, 1.165) is 12.8 Å². The van der Waals surface area contributed by atoms with Crippen molar-refractivity contribution in [3.63, 3.8) is 0 Å². The van der Waals surface area contributed by atoms with Crippen molar-refractivity contribution in [2.45, 2.75) is 70.1 Å². The van der Waals surface area contributed by atoms with Crippen LogP contribution in [0.5, 0.6) is 0 Å². The number of rotatable bonds is 8. The van der Waals surface area contributed by atoms with Gasteiger partial charge < -0.3 is 20.9 Å². The summed E-state index contributed by atoms with van der Waals surface area (Å²) in [6, 6.07) is 8.83. The lowest BCUT2D eigenvalue weighted by Crippen LogP contribution is -2.57. The van der Waals surface area contributed by atoms with E-state index in [0.29, 0.717) is 18.9 Å². The summed E-state index contributed by atoms with van der Waals surface area (Å²) in [5.74, 6) is -0.183. The highest BCUT2D eigenvalue weighted by atomic mass is 16.2. The van der Waals surface area contributed by atoms with E-state index >= 15 is 0 Å². The van der Waals surface area contributed by atoms with Crippen molar-refractivity contribution in [3.8, 4) is 0 Å². The number of carbonyl (C=O) groups is 3. The van der Waals surface area contributed by atoms with Gasteiger partial charge in [0.1, 0.15) is 12.1 Å². The van der Waals surface area contributed by atoms with E-state index in [-0.39, 0.29) is 35.7 Å². The fraction of sp³-hybridized carbons (Fsp3) is 0.609. The van der Waals surface area contributed by atoms with Crippen LogP contribution in [0.25, 0.3) is 0 Å². The highest BCUT2D eigenvalue weighted by molar-refractivity contribution is 5.93. The van der Waals surface area contributed by atoms with Gasteiger partial charge in [0.25, 0.3) is 0 Å². The number of nitrogens with zero attached hydrogens (tertiary/aromatic N) is 1. The lowest BCUT2D eigenvalue weighted by molar-refractivity contribution is -0.142. The third-order valence-electron chi connectivity index (χ3n) is 6.24. The van der Waals surface area contributed by atoms with Crippen molar-refractivity contribution in [2.75, 3.05) is 13.6 Å². The van der Waals surface area contributed by atoms with Gasteiger partial charge in [-0.1, -0.05) is 44.2 Å². The van der Waals surface area contributed by atoms with E-state index in [1.54, 1.807) is 18.9 Å². The van der Waals surface area contributed by atoms with Gasteiger partial charge in [-0.05, 0) is 44.7 Å². The van der Waals surface area contributed by atoms with E-state index < -0.39 is 12.1 Å². The van der Waals surface area contributed by atoms with E-state index in [1.165, 1.54) is 5.56 Å². The maximum Gasteiger partial charge on any atom is 0.246 e. The molecule has 1 aromatic rings. The first-order valence-electron chi connectivity index (χ1n) is 11.0. The summed E-state index contributed by atoms with van der Waals surface area (Å²) in [5, 5.41) is 8.89. The van der Waals surface area contributed by atoms with Gasteiger partial charge in [0.05, 0.1) is 6.04 Å². The molecule has 3 amide bonds. The van der Waals surface area contributed by atoms with E-state index in [9.17, 15) is 14.4 Å². The lowest BCUT2D eigenvalue weighted by Gasteiger charge is -2.31. The second-order valence-corrected chi connectivity index (χ2v) is 8.80. The Balaban J connectivity index is 1.61. The molecule has 1 aliphatic heterocycles. The summed E-state index contributed by atoms with van der Waals surface area (Å²) in [4.78, 5) is 40.2. The van der Waals surface area contributed by atoms with Gasteiger partial charge in [0.15, 0.2) is 0 Å². The van der Waals surface area contributed by atoms with Crippen LogP contribution in [-0.2, 0) is 14.4 Å². The topological polar surface area (TPSA) is 90.5 Å². The van der Waals surface area contributed by atoms with Gasteiger partial charge in [-0.25, -0.2) is 0 Å². The molecule has 7 heteroatoms. The van der Waals surface area contributed by atoms with Gasteiger partial charge in [-0.15, -0.1) is 0 Å². The highest BCUT2D eigenvalue weighted by Crippen LogP contribution is 2.40. The van der Waals surface area contributed by atoms with Crippen molar-refractivity contribution in [1.29, 1.82) is 0 Å². The third-order valence-corrected chi connectivity index (χ3v) is 6.24. The summed E-state index contributed by atoms with van der Waals surface area (Å²) in [6.07, 6.45) is 2.39. The Labute approximate surface area is 179 Å². The van der Waals surface area contributed by atoms with Crippen LogP contribution in [0.2, 0.25) is 0 Å². The number of nitrogens with one attached hydrogen (secondary N) is 3. The second-order valence-electron chi connectivity index (χ2n) is 8.80. The maximum absolute atomic E-state index is 13.2. The molecule has 5 atom stereocenters. The molecule has 1 saturated heterocycles. The van der Waals surface area contributed by atoms with Crippen LogP contribution in [0.3, 0.4) is 0 Å². The SMILES string of the molecule is CN[C@@H](C)C(=O)N[C@H](C(=O)N1CCC[C@H]1C(=O)NC1CC1c1ccccc1)C(C)C. The Morgan fingerprint density at radius 1 is 1.10 bits per heavy atom. The fourth-order valence-electron chi connectivity index (χ4n) is 4.11.